The van der Waals surface area contributed by atoms with E-state index >= 15 is 0 Å². The minimum absolute atomic E-state index is 0.188. The van der Waals surface area contributed by atoms with E-state index in [0.717, 1.165) is 5.56 Å². The molecule has 2 aromatic rings. The van der Waals surface area contributed by atoms with Crippen molar-refractivity contribution in [2.75, 3.05) is 32.6 Å². The molecular weight excluding hydrogens is 420 g/mol. The Hall–Kier alpha value is -2.91. The highest BCUT2D eigenvalue weighted by Gasteiger charge is 2.32. The van der Waals surface area contributed by atoms with Crippen LogP contribution < -0.4 is 10.1 Å². The highest BCUT2D eigenvalue weighted by Crippen LogP contribution is 2.27. The Labute approximate surface area is 182 Å². The third-order valence-electron chi connectivity index (χ3n) is 5.44. The fraction of sp³-hybridized carbons (Fsp3) is 0.364. The van der Waals surface area contributed by atoms with Crippen LogP contribution in [0.5, 0.6) is 5.75 Å². The van der Waals surface area contributed by atoms with Gasteiger partial charge in [0.1, 0.15) is 5.75 Å². The molecule has 1 N–H and O–H groups in total. The van der Waals surface area contributed by atoms with Gasteiger partial charge in [-0.2, -0.15) is 4.31 Å². The molecular formula is C22H26N2O6S. The molecule has 0 radical (unpaired) electrons. The lowest BCUT2D eigenvalue weighted by Gasteiger charge is -2.30. The first-order chi connectivity index (χ1) is 14.8. The Bertz CT molecular complexity index is 1060. The van der Waals surface area contributed by atoms with Crippen molar-refractivity contribution in [1.82, 2.24) is 4.31 Å². The van der Waals surface area contributed by atoms with Crippen LogP contribution in [0.1, 0.15) is 28.8 Å². The molecule has 1 amide bonds. The highest BCUT2D eigenvalue weighted by atomic mass is 32.2. The van der Waals surface area contributed by atoms with Crippen molar-refractivity contribution in [3.8, 4) is 5.75 Å². The summed E-state index contributed by atoms with van der Waals surface area (Å²) in [7, 11) is -0.805. The number of carbonyl (C=O) groups is 2. The molecule has 1 saturated heterocycles. The number of piperidine rings is 1. The van der Waals surface area contributed by atoms with Gasteiger partial charge in [-0.3, -0.25) is 4.79 Å². The molecule has 2 aromatic carbocycles. The second kappa shape index (κ2) is 9.49. The summed E-state index contributed by atoms with van der Waals surface area (Å²) in [5.74, 6) is -0.399. The van der Waals surface area contributed by atoms with Gasteiger partial charge >= 0.3 is 5.97 Å². The van der Waals surface area contributed by atoms with E-state index in [1.54, 1.807) is 30.3 Å². The fourth-order valence-corrected chi connectivity index (χ4v) is 4.96. The average Bonchev–Trinajstić information content (AvgIpc) is 2.80. The molecule has 0 aliphatic carbocycles. The monoisotopic (exact) mass is 446 g/mol. The van der Waals surface area contributed by atoms with Gasteiger partial charge < -0.3 is 14.8 Å². The number of methoxy groups -OCH3 is 2. The van der Waals surface area contributed by atoms with Crippen LogP contribution >= 0.6 is 0 Å². The highest BCUT2D eigenvalue weighted by molar-refractivity contribution is 7.89. The van der Waals surface area contributed by atoms with E-state index in [2.05, 4.69) is 5.32 Å². The summed E-state index contributed by atoms with van der Waals surface area (Å²) in [6, 6.07) is 11.2. The molecule has 0 saturated carbocycles. The third-order valence-corrected chi connectivity index (χ3v) is 7.35. The number of rotatable bonds is 6. The van der Waals surface area contributed by atoms with Crippen LogP contribution in [-0.2, 0) is 19.6 Å². The molecule has 8 nitrogen and oxygen atoms in total. The van der Waals surface area contributed by atoms with E-state index in [1.807, 2.05) is 6.92 Å². The number of ether oxygens (including phenoxy) is 2. The minimum Gasteiger partial charge on any atom is -0.497 e. The molecule has 0 bridgehead atoms. The topological polar surface area (TPSA) is 102 Å². The molecule has 1 fully saturated rings. The number of nitrogens with one attached hydrogen (secondary N) is 1. The lowest BCUT2D eigenvalue weighted by Crippen LogP contribution is -2.41. The smallest absolute Gasteiger partial charge is 0.337 e. The molecule has 1 aliphatic rings. The third kappa shape index (κ3) is 5.05. The Balaban J connectivity index is 1.64. The number of aryl methyl sites for hydroxylation is 1. The van der Waals surface area contributed by atoms with Crippen molar-refractivity contribution < 1.29 is 27.5 Å². The largest absolute Gasteiger partial charge is 0.497 e. The number of sulfonamides is 1. The summed E-state index contributed by atoms with van der Waals surface area (Å²) >= 11 is 0. The molecule has 1 aliphatic heterocycles. The molecule has 1 heterocycles. The zero-order valence-corrected chi connectivity index (χ0v) is 18.6. The minimum atomic E-state index is -3.63. The van der Waals surface area contributed by atoms with Gasteiger partial charge in [0, 0.05) is 24.7 Å². The Morgan fingerprint density at radius 1 is 1.03 bits per heavy atom. The van der Waals surface area contributed by atoms with Crippen molar-refractivity contribution in [2.45, 2.75) is 24.7 Å². The van der Waals surface area contributed by atoms with Crippen LogP contribution in [0.3, 0.4) is 0 Å². The summed E-state index contributed by atoms with van der Waals surface area (Å²) in [6.45, 7) is 2.35. The number of hydrogen-bond donors (Lipinski definition) is 1. The SMILES string of the molecule is COC(=O)c1ccc(C)c(NC(=O)C2CCN(S(=O)(=O)c3ccc(OC)cc3)CC2)c1. The predicted octanol–water partition coefficient (Wildman–Crippen LogP) is 2.83. The standard InChI is InChI=1S/C22H26N2O6S/c1-15-4-5-17(22(26)30-3)14-20(15)23-21(25)16-10-12-24(13-11-16)31(27,28)19-8-6-18(29-2)7-9-19/h4-9,14,16H,10-13H2,1-3H3,(H,23,25). The van der Waals surface area contributed by atoms with Crippen LogP contribution in [0.2, 0.25) is 0 Å². The number of anilines is 1. The van der Waals surface area contributed by atoms with Gasteiger partial charge in [0.15, 0.2) is 0 Å². The normalized spacial score (nSPS) is 15.3. The lowest BCUT2D eigenvalue weighted by atomic mass is 9.97. The van der Waals surface area contributed by atoms with Gasteiger partial charge in [0.25, 0.3) is 0 Å². The summed E-state index contributed by atoms with van der Waals surface area (Å²) < 4.78 is 36.9. The number of nitrogens with zero attached hydrogens (tertiary/aromatic N) is 1. The Morgan fingerprint density at radius 3 is 2.26 bits per heavy atom. The summed E-state index contributed by atoms with van der Waals surface area (Å²) in [5, 5.41) is 2.87. The van der Waals surface area contributed by atoms with Crippen LogP contribution in [0.15, 0.2) is 47.4 Å². The molecule has 0 unspecified atom stereocenters. The summed E-state index contributed by atoms with van der Waals surface area (Å²) in [5.41, 5.74) is 1.71. The van der Waals surface area contributed by atoms with E-state index in [1.165, 1.54) is 30.7 Å². The van der Waals surface area contributed by atoms with Crippen molar-refractivity contribution in [2.24, 2.45) is 5.92 Å². The van der Waals surface area contributed by atoms with Gasteiger partial charge in [-0.05, 0) is 61.7 Å². The number of esters is 1. The molecule has 31 heavy (non-hydrogen) atoms. The van der Waals surface area contributed by atoms with E-state index < -0.39 is 16.0 Å². The number of hydrogen-bond acceptors (Lipinski definition) is 6. The van der Waals surface area contributed by atoms with Crippen LogP contribution in [-0.4, -0.2) is 51.9 Å². The molecule has 0 aromatic heterocycles. The zero-order valence-electron chi connectivity index (χ0n) is 17.8. The van der Waals surface area contributed by atoms with E-state index in [0.29, 0.717) is 29.8 Å². The van der Waals surface area contributed by atoms with Crippen molar-refractivity contribution in [3.63, 3.8) is 0 Å². The maximum atomic E-state index is 12.9. The first-order valence-electron chi connectivity index (χ1n) is 9.90. The van der Waals surface area contributed by atoms with E-state index in [-0.39, 0.29) is 29.8 Å². The molecule has 0 atom stereocenters. The average molecular weight is 447 g/mol. The lowest BCUT2D eigenvalue weighted by molar-refractivity contribution is -0.120. The van der Waals surface area contributed by atoms with Gasteiger partial charge in [0.2, 0.25) is 15.9 Å². The quantitative estimate of drug-likeness (QED) is 0.685. The fourth-order valence-electron chi connectivity index (χ4n) is 3.49. The van der Waals surface area contributed by atoms with Crippen LogP contribution in [0.4, 0.5) is 5.69 Å². The van der Waals surface area contributed by atoms with Crippen LogP contribution in [0.25, 0.3) is 0 Å². The van der Waals surface area contributed by atoms with Crippen molar-refractivity contribution in [1.29, 1.82) is 0 Å². The van der Waals surface area contributed by atoms with Gasteiger partial charge in [-0.15, -0.1) is 0 Å². The first kappa shape index (κ1) is 22.8. The van der Waals surface area contributed by atoms with Gasteiger partial charge in [-0.25, -0.2) is 13.2 Å². The van der Waals surface area contributed by atoms with Gasteiger partial charge in [-0.1, -0.05) is 6.07 Å². The number of amides is 1. The maximum Gasteiger partial charge on any atom is 0.337 e. The zero-order chi connectivity index (χ0) is 22.6. The van der Waals surface area contributed by atoms with Crippen molar-refractivity contribution in [3.05, 3.63) is 53.6 Å². The molecule has 3 rings (SSSR count). The van der Waals surface area contributed by atoms with Crippen molar-refractivity contribution >= 4 is 27.6 Å². The second-order valence-electron chi connectivity index (χ2n) is 7.36. The first-order valence-corrected chi connectivity index (χ1v) is 11.3. The predicted molar refractivity (Wildman–Crippen MR) is 116 cm³/mol. The van der Waals surface area contributed by atoms with E-state index in [4.69, 9.17) is 9.47 Å². The Morgan fingerprint density at radius 2 is 1.68 bits per heavy atom. The molecule has 9 heteroatoms. The van der Waals surface area contributed by atoms with Crippen LogP contribution in [0, 0.1) is 12.8 Å². The Kier molecular flexibility index (Phi) is 6.97. The summed E-state index contributed by atoms with van der Waals surface area (Å²) in [6.07, 6.45) is 0.827. The second-order valence-corrected chi connectivity index (χ2v) is 9.30. The number of carbonyl (C=O) groups excluding carboxylic acids is 2. The number of benzene rings is 2. The van der Waals surface area contributed by atoms with E-state index in [9.17, 15) is 18.0 Å². The molecule has 166 valence electrons. The maximum absolute atomic E-state index is 12.9. The van der Waals surface area contributed by atoms with Gasteiger partial charge in [0.05, 0.1) is 24.7 Å². The summed E-state index contributed by atoms with van der Waals surface area (Å²) in [4.78, 5) is 24.7. The molecule has 0 spiro atoms.